The SMILES string of the molecule is Cc1ncccc1NS(=O)(=O)c1cnn(C(C)C)c1. The monoisotopic (exact) mass is 280 g/mol. The highest BCUT2D eigenvalue weighted by Crippen LogP contribution is 2.18. The van der Waals surface area contributed by atoms with Gasteiger partial charge in [-0.05, 0) is 32.9 Å². The lowest BCUT2D eigenvalue weighted by Gasteiger charge is -2.08. The lowest BCUT2D eigenvalue weighted by Crippen LogP contribution is -2.13. The van der Waals surface area contributed by atoms with Crippen LogP contribution in [0.2, 0.25) is 0 Å². The molecule has 6 nitrogen and oxygen atoms in total. The molecule has 0 aliphatic rings. The van der Waals surface area contributed by atoms with Crippen molar-refractivity contribution in [3.05, 3.63) is 36.4 Å². The van der Waals surface area contributed by atoms with E-state index in [0.29, 0.717) is 11.4 Å². The standard InChI is InChI=1S/C12H16N4O2S/c1-9(2)16-8-11(7-14-16)19(17,18)15-12-5-4-6-13-10(12)3/h4-9,15H,1-3H3. The number of hydrogen-bond donors (Lipinski definition) is 1. The van der Waals surface area contributed by atoms with E-state index in [1.54, 1.807) is 29.9 Å². The van der Waals surface area contributed by atoms with Crippen molar-refractivity contribution >= 4 is 15.7 Å². The molecule has 0 atom stereocenters. The zero-order chi connectivity index (χ0) is 14.0. The van der Waals surface area contributed by atoms with Gasteiger partial charge < -0.3 is 0 Å². The molecule has 0 spiro atoms. The Balaban J connectivity index is 2.30. The van der Waals surface area contributed by atoms with E-state index in [4.69, 9.17) is 0 Å². The first-order chi connectivity index (χ1) is 8.90. The maximum Gasteiger partial charge on any atom is 0.265 e. The van der Waals surface area contributed by atoms with Gasteiger partial charge in [-0.15, -0.1) is 0 Å². The summed E-state index contributed by atoms with van der Waals surface area (Å²) in [6.07, 6.45) is 4.47. The fourth-order valence-electron chi connectivity index (χ4n) is 1.54. The molecule has 102 valence electrons. The Labute approximate surface area is 112 Å². The third-order valence-corrected chi connectivity index (χ3v) is 3.99. The lowest BCUT2D eigenvalue weighted by molar-refractivity contribution is 0.531. The fraction of sp³-hybridized carbons (Fsp3) is 0.333. The molecule has 0 aliphatic heterocycles. The number of pyridine rings is 1. The molecule has 2 aromatic heterocycles. The Morgan fingerprint density at radius 2 is 2.11 bits per heavy atom. The van der Waals surface area contributed by atoms with Crippen molar-refractivity contribution in [3.8, 4) is 0 Å². The van der Waals surface area contributed by atoms with Crippen molar-refractivity contribution in [2.24, 2.45) is 0 Å². The number of hydrogen-bond acceptors (Lipinski definition) is 4. The minimum atomic E-state index is -3.62. The number of rotatable bonds is 4. The second kappa shape index (κ2) is 5.00. The van der Waals surface area contributed by atoms with Crippen molar-refractivity contribution in [1.29, 1.82) is 0 Å². The molecule has 0 aliphatic carbocycles. The summed E-state index contributed by atoms with van der Waals surface area (Å²) in [6, 6.07) is 3.47. The van der Waals surface area contributed by atoms with Gasteiger partial charge in [0, 0.05) is 18.4 Å². The van der Waals surface area contributed by atoms with Crippen molar-refractivity contribution in [2.75, 3.05) is 4.72 Å². The second-order valence-corrected chi connectivity index (χ2v) is 6.17. The van der Waals surface area contributed by atoms with Crippen LogP contribution in [0.15, 0.2) is 35.6 Å². The normalized spacial score (nSPS) is 11.8. The lowest BCUT2D eigenvalue weighted by atomic mass is 10.3. The van der Waals surface area contributed by atoms with Crippen molar-refractivity contribution < 1.29 is 8.42 Å². The van der Waals surface area contributed by atoms with Gasteiger partial charge in [0.1, 0.15) is 4.90 Å². The molecule has 1 N–H and O–H groups in total. The molecule has 0 aromatic carbocycles. The number of anilines is 1. The van der Waals surface area contributed by atoms with Gasteiger partial charge in [0.25, 0.3) is 10.0 Å². The molecule has 2 rings (SSSR count). The summed E-state index contributed by atoms with van der Waals surface area (Å²) in [5.74, 6) is 0. The Hall–Kier alpha value is -1.89. The first-order valence-corrected chi connectivity index (χ1v) is 7.37. The summed E-state index contributed by atoms with van der Waals surface area (Å²) < 4.78 is 28.5. The highest BCUT2D eigenvalue weighted by molar-refractivity contribution is 7.92. The Bertz CT molecular complexity index is 677. The van der Waals surface area contributed by atoms with Crippen LogP contribution in [0.4, 0.5) is 5.69 Å². The zero-order valence-corrected chi connectivity index (χ0v) is 11.8. The topological polar surface area (TPSA) is 76.9 Å². The average Bonchev–Trinajstić information content (AvgIpc) is 2.82. The minimum Gasteiger partial charge on any atom is -0.278 e. The molecule has 2 heterocycles. The van der Waals surface area contributed by atoms with Crippen LogP contribution >= 0.6 is 0 Å². The smallest absolute Gasteiger partial charge is 0.265 e. The van der Waals surface area contributed by atoms with Gasteiger partial charge in [-0.3, -0.25) is 14.4 Å². The van der Waals surface area contributed by atoms with E-state index in [2.05, 4.69) is 14.8 Å². The highest BCUT2D eigenvalue weighted by Gasteiger charge is 2.18. The molecule has 7 heteroatoms. The third-order valence-electron chi connectivity index (χ3n) is 2.67. The molecule has 0 bridgehead atoms. The largest absolute Gasteiger partial charge is 0.278 e. The van der Waals surface area contributed by atoms with E-state index in [0.717, 1.165) is 0 Å². The van der Waals surface area contributed by atoms with Crippen LogP contribution in [0, 0.1) is 6.92 Å². The Morgan fingerprint density at radius 3 is 2.68 bits per heavy atom. The van der Waals surface area contributed by atoms with E-state index in [-0.39, 0.29) is 10.9 Å². The van der Waals surface area contributed by atoms with Crippen LogP contribution < -0.4 is 4.72 Å². The molecule has 0 unspecified atom stereocenters. The molecule has 0 saturated carbocycles. The molecule has 0 saturated heterocycles. The van der Waals surface area contributed by atoms with Gasteiger partial charge in [-0.1, -0.05) is 0 Å². The van der Waals surface area contributed by atoms with Crippen LogP contribution in [0.25, 0.3) is 0 Å². The van der Waals surface area contributed by atoms with Crippen molar-refractivity contribution in [1.82, 2.24) is 14.8 Å². The molecule has 0 amide bonds. The Kier molecular flexibility index (Phi) is 3.57. The van der Waals surface area contributed by atoms with Crippen LogP contribution in [-0.4, -0.2) is 23.2 Å². The first-order valence-electron chi connectivity index (χ1n) is 5.89. The van der Waals surface area contributed by atoms with E-state index in [9.17, 15) is 8.42 Å². The van der Waals surface area contributed by atoms with Gasteiger partial charge in [0.2, 0.25) is 0 Å². The van der Waals surface area contributed by atoms with Crippen LogP contribution in [0.3, 0.4) is 0 Å². The molecular formula is C12H16N4O2S. The highest BCUT2D eigenvalue weighted by atomic mass is 32.2. The molecular weight excluding hydrogens is 264 g/mol. The summed E-state index contributed by atoms with van der Waals surface area (Å²) in [5.41, 5.74) is 1.10. The van der Waals surface area contributed by atoms with Gasteiger partial charge in [-0.25, -0.2) is 8.42 Å². The number of aromatic nitrogens is 3. The number of sulfonamides is 1. The number of nitrogens with zero attached hydrogens (tertiary/aromatic N) is 3. The summed E-state index contributed by atoms with van der Waals surface area (Å²) >= 11 is 0. The van der Waals surface area contributed by atoms with Gasteiger partial charge in [0.15, 0.2) is 0 Å². The average molecular weight is 280 g/mol. The van der Waals surface area contributed by atoms with Gasteiger partial charge in [0.05, 0.1) is 17.6 Å². The predicted octanol–water partition coefficient (Wildman–Crippen LogP) is 1.97. The maximum absolute atomic E-state index is 12.2. The number of aryl methyl sites for hydroxylation is 1. The first kappa shape index (κ1) is 13.5. The molecule has 2 aromatic rings. The van der Waals surface area contributed by atoms with Crippen molar-refractivity contribution in [3.63, 3.8) is 0 Å². The van der Waals surface area contributed by atoms with E-state index in [1.165, 1.54) is 12.4 Å². The fourth-order valence-corrected chi connectivity index (χ4v) is 2.59. The van der Waals surface area contributed by atoms with Crippen LogP contribution in [0.5, 0.6) is 0 Å². The zero-order valence-electron chi connectivity index (χ0n) is 11.0. The van der Waals surface area contributed by atoms with Gasteiger partial charge in [-0.2, -0.15) is 5.10 Å². The summed E-state index contributed by atoms with van der Waals surface area (Å²) in [4.78, 5) is 4.19. The molecule has 0 radical (unpaired) electrons. The van der Waals surface area contributed by atoms with Crippen molar-refractivity contribution in [2.45, 2.75) is 31.7 Å². The Morgan fingerprint density at radius 1 is 1.37 bits per heavy atom. The van der Waals surface area contributed by atoms with E-state index >= 15 is 0 Å². The quantitative estimate of drug-likeness (QED) is 0.928. The van der Waals surface area contributed by atoms with E-state index in [1.807, 2.05) is 13.8 Å². The van der Waals surface area contributed by atoms with Gasteiger partial charge >= 0.3 is 0 Å². The summed E-state index contributed by atoms with van der Waals surface area (Å²) in [5, 5.41) is 4.03. The van der Waals surface area contributed by atoms with Crippen LogP contribution in [0.1, 0.15) is 25.6 Å². The summed E-state index contributed by atoms with van der Waals surface area (Å²) in [7, 11) is -3.62. The number of nitrogens with one attached hydrogen (secondary N) is 1. The minimum absolute atomic E-state index is 0.115. The molecule has 19 heavy (non-hydrogen) atoms. The predicted molar refractivity (Wildman–Crippen MR) is 72.4 cm³/mol. The second-order valence-electron chi connectivity index (χ2n) is 4.49. The van der Waals surface area contributed by atoms with Crippen LogP contribution in [-0.2, 0) is 10.0 Å². The molecule has 0 fully saturated rings. The third kappa shape index (κ3) is 2.93. The van der Waals surface area contributed by atoms with E-state index < -0.39 is 10.0 Å². The summed E-state index contributed by atoms with van der Waals surface area (Å²) in [6.45, 7) is 5.61. The maximum atomic E-state index is 12.2.